The Morgan fingerprint density at radius 1 is 1.29 bits per heavy atom. The van der Waals surface area contributed by atoms with E-state index in [1.807, 2.05) is 6.92 Å². The molecule has 2 N–H and O–H groups in total. The predicted molar refractivity (Wildman–Crippen MR) is 68.1 cm³/mol. The second-order valence-electron chi connectivity index (χ2n) is 5.87. The van der Waals surface area contributed by atoms with E-state index in [4.69, 9.17) is 10.5 Å². The van der Waals surface area contributed by atoms with E-state index < -0.39 is 0 Å². The number of aromatic nitrogens is 2. The van der Waals surface area contributed by atoms with Gasteiger partial charge in [0.2, 0.25) is 5.88 Å². The van der Waals surface area contributed by atoms with Gasteiger partial charge in [-0.3, -0.25) is 0 Å². The van der Waals surface area contributed by atoms with Crippen LogP contribution >= 0.6 is 0 Å². The molecule has 1 aliphatic rings. The third-order valence-electron chi connectivity index (χ3n) is 2.96. The standard InChI is InChI=1S/C13H21N3O/c1-8-10(14)15-12(13(2,3)4)16-11(8)17-7-9-5-6-9/h9H,5-7H2,1-4H3,(H2,14,15,16). The van der Waals surface area contributed by atoms with Crippen LogP contribution in [0.25, 0.3) is 0 Å². The van der Waals surface area contributed by atoms with Gasteiger partial charge in [-0.2, -0.15) is 4.98 Å². The fourth-order valence-corrected chi connectivity index (χ4v) is 1.47. The van der Waals surface area contributed by atoms with Crippen LogP contribution in [-0.2, 0) is 5.41 Å². The van der Waals surface area contributed by atoms with Crippen molar-refractivity contribution in [3.63, 3.8) is 0 Å². The number of hydrogen-bond donors (Lipinski definition) is 1. The van der Waals surface area contributed by atoms with E-state index in [0.717, 1.165) is 18.0 Å². The maximum absolute atomic E-state index is 5.91. The summed E-state index contributed by atoms with van der Waals surface area (Å²) in [4.78, 5) is 8.82. The number of nitrogens with two attached hydrogens (primary N) is 1. The maximum atomic E-state index is 5.91. The Balaban J connectivity index is 2.25. The van der Waals surface area contributed by atoms with Crippen LogP contribution in [-0.4, -0.2) is 16.6 Å². The van der Waals surface area contributed by atoms with E-state index in [9.17, 15) is 0 Å². The van der Waals surface area contributed by atoms with Gasteiger partial charge >= 0.3 is 0 Å². The highest BCUT2D eigenvalue weighted by atomic mass is 16.5. The van der Waals surface area contributed by atoms with Crippen molar-refractivity contribution in [3.05, 3.63) is 11.4 Å². The van der Waals surface area contributed by atoms with Crippen molar-refractivity contribution >= 4 is 5.82 Å². The summed E-state index contributed by atoms with van der Waals surface area (Å²) in [5, 5.41) is 0. The highest BCUT2D eigenvalue weighted by Crippen LogP contribution is 2.31. The van der Waals surface area contributed by atoms with Crippen LogP contribution in [0.5, 0.6) is 5.88 Å². The lowest BCUT2D eigenvalue weighted by Gasteiger charge is -2.19. The topological polar surface area (TPSA) is 61.0 Å². The van der Waals surface area contributed by atoms with Gasteiger partial charge in [0.15, 0.2) is 0 Å². The molecule has 1 aromatic rings. The van der Waals surface area contributed by atoms with E-state index in [0.29, 0.717) is 17.6 Å². The first-order valence-electron chi connectivity index (χ1n) is 6.15. The second-order valence-corrected chi connectivity index (χ2v) is 5.87. The summed E-state index contributed by atoms with van der Waals surface area (Å²) in [6, 6.07) is 0. The first-order chi connectivity index (χ1) is 7.88. The van der Waals surface area contributed by atoms with E-state index in [2.05, 4.69) is 30.7 Å². The molecule has 0 spiro atoms. The normalized spacial score (nSPS) is 16.0. The zero-order valence-corrected chi connectivity index (χ0v) is 11.1. The van der Waals surface area contributed by atoms with Crippen molar-refractivity contribution in [2.75, 3.05) is 12.3 Å². The van der Waals surface area contributed by atoms with Crippen LogP contribution in [0.15, 0.2) is 0 Å². The van der Waals surface area contributed by atoms with Gasteiger partial charge in [0, 0.05) is 5.41 Å². The number of ether oxygens (including phenoxy) is 1. The number of rotatable bonds is 3. The molecule has 2 rings (SSSR count). The average molecular weight is 235 g/mol. The molecule has 0 unspecified atom stereocenters. The molecule has 0 aromatic carbocycles. The number of nitrogens with zero attached hydrogens (tertiary/aromatic N) is 2. The smallest absolute Gasteiger partial charge is 0.221 e. The zero-order valence-electron chi connectivity index (χ0n) is 11.1. The molecule has 0 aliphatic heterocycles. The summed E-state index contributed by atoms with van der Waals surface area (Å²) in [6.07, 6.45) is 2.54. The Kier molecular flexibility index (Phi) is 2.98. The molecule has 1 saturated carbocycles. The minimum atomic E-state index is -0.112. The summed E-state index contributed by atoms with van der Waals surface area (Å²) in [5.74, 6) is 2.63. The largest absolute Gasteiger partial charge is 0.477 e. The van der Waals surface area contributed by atoms with Gasteiger partial charge in [-0.1, -0.05) is 20.8 Å². The quantitative estimate of drug-likeness (QED) is 0.874. The van der Waals surface area contributed by atoms with Crippen LogP contribution in [0.1, 0.15) is 45.0 Å². The predicted octanol–water partition coefficient (Wildman–Crippen LogP) is 2.45. The Bertz CT molecular complexity index is 419. The molecule has 0 radical (unpaired) electrons. The summed E-state index contributed by atoms with van der Waals surface area (Å²) in [5.41, 5.74) is 6.64. The Labute approximate surface area is 103 Å². The maximum Gasteiger partial charge on any atom is 0.221 e. The van der Waals surface area contributed by atoms with Crippen molar-refractivity contribution < 1.29 is 4.74 Å². The first kappa shape index (κ1) is 12.1. The van der Waals surface area contributed by atoms with Crippen LogP contribution in [0.2, 0.25) is 0 Å². The minimum absolute atomic E-state index is 0.112. The van der Waals surface area contributed by atoms with Crippen molar-refractivity contribution in [1.29, 1.82) is 0 Å². The highest BCUT2D eigenvalue weighted by Gasteiger charge is 2.24. The number of hydrogen-bond acceptors (Lipinski definition) is 4. The molecule has 17 heavy (non-hydrogen) atoms. The number of anilines is 1. The molecular weight excluding hydrogens is 214 g/mol. The van der Waals surface area contributed by atoms with Crippen molar-refractivity contribution in [2.45, 2.75) is 46.0 Å². The molecule has 1 fully saturated rings. The van der Waals surface area contributed by atoms with E-state index in [1.165, 1.54) is 12.8 Å². The van der Waals surface area contributed by atoms with Gasteiger partial charge in [0.1, 0.15) is 11.6 Å². The summed E-state index contributed by atoms with van der Waals surface area (Å²) in [7, 11) is 0. The fraction of sp³-hybridized carbons (Fsp3) is 0.692. The third kappa shape index (κ3) is 2.87. The SMILES string of the molecule is Cc1c(N)nc(C(C)(C)C)nc1OCC1CC1. The van der Waals surface area contributed by atoms with Crippen LogP contribution in [0.3, 0.4) is 0 Å². The molecule has 0 bridgehead atoms. The lowest BCUT2D eigenvalue weighted by molar-refractivity contribution is 0.283. The Hall–Kier alpha value is -1.32. The third-order valence-corrected chi connectivity index (χ3v) is 2.96. The van der Waals surface area contributed by atoms with Gasteiger partial charge in [-0.15, -0.1) is 0 Å². The highest BCUT2D eigenvalue weighted by molar-refractivity contribution is 5.45. The molecule has 1 heterocycles. The van der Waals surface area contributed by atoms with Crippen molar-refractivity contribution in [2.24, 2.45) is 5.92 Å². The fourth-order valence-electron chi connectivity index (χ4n) is 1.47. The van der Waals surface area contributed by atoms with Gasteiger partial charge in [0.25, 0.3) is 0 Å². The van der Waals surface area contributed by atoms with Gasteiger partial charge in [-0.25, -0.2) is 4.98 Å². The van der Waals surface area contributed by atoms with Crippen LogP contribution < -0.4 is 10.5 Å². The van der Waals surface area contributed by atoms with E-state index >= 15 is 0 Å². The molecule has 4 nitrogen and oxygen atoms in total. The zero-order chi connectivity index (χ0) is 12.6. The molecular formula is C13H21N3O. The molecule has 0 amide bonds. The molecule has 1 aromatic heterocycles. The monoisotopic (exact) mass is 235 g/mol. The van der Waals surface area contributed by atoms with Gasteiger partial charge in [-0.05, 0) is 25.7 Å². The van der Waals surface area contributed by atoms with Crippen LogP contribution in [0, 0.1) is 12.8 Å². The molecule has 94 valence electrons. The second kappa shape index (κ2) is 4.17. The van der Waals surface area contributed by atoms with Crippen molar-refractivity contribution in [1.82, 2.24) is 9.97 Å². The lowest BCUT2D eigenvalue weighted by atomic mass is 9.95. The average Bonchev–Trinajstić information content (AvgIpc) is 3.02. The van der Waals surface area contributed by atoms with Crippen LogP contribution in [0.4, 0.5) is 5.82 Å². The first-order valence-corrected chi connectivity index (χ1v) is 6.15. The van der Waals surface area contributed by atoms with E-state index in [1.54, 1.807) is 0 Å². The molecule has 0 saturated heterocycles. The number of nitrogen functional groups attached to an aromatic ring is 1. The molecule has 4 heteroatoms. The van der Waals surface area contributed by atoms with Gasteiger partial charge in [0.05, 0.1) is 12.2 Å². The summed E-state index contributed by atoms with van der Waals surface area (Å²) in [6.45, 7) is 8.87. The van der Waals surface area contributed by atoms with E-state index in [-0.39, 0.29) is 5.41 Å². The lowest BCUT2D eigenvalue weighted by Crippen LogP contribution is -2.19. The molecule has 0 atom stereocenters. The summed E-state index contributed by atoms with van der Waals surface area (Å²) < 4.78 is 5.75. The summed E-state index contributed by atoms with van der Waals surface area (Å²) >= 11 is 0. The van der Waals surface area contributed by atoms with Crippen molar-refractivity contribution in [3.8, 4) is 5.88 Å². The van der Waals surface area contributed by atoms with Gasteiger partial charge < -0.3 is 10.5 Å². The Morgan fingerprint density at radius 3 is 2.47 bits per heavy atom. The molecule has 1 aliphatic carbocycles. The Morgan fingerprint density at radius 2 is 1.94 bits per heavy atom. The minimum Gasteiger partial charge on any atom is -0.477 e.